The van der Waals surface area contributed by atoms with Crippen LogP contribution in [0.4, 0.5) is 0 Å². The van der Waals surface area contributed by atoms with E-state index in [-0.39, 0.29) is 23.8 Å². The van der Waals surface area contributed by atoms with E-state index < -0.39 is 0 Å². The van der Waals surface area contributed by atoms with Crippen LogP contribution in [0.15, 0.2) is 30.6 Å². The number of rotatable bonds is 4. The van der Waals surface area contributed by atoms with Gasteiger partial charge in [-0.15, -0.1) is 0 Å². The first-order valence-corrected chi connectivity index (χ1v) is 12.0. The van der Waals surface area contributed by atoms with Gasteiger partial charge < -0.3 is 19.5 Å². The molecule has 0 unspecified atom stereocenters. The number of carbonyl (C=O) groups excluding carboxylic acids is 2. The molecule has 2 fully saturated rings. The fourth-order valence-electron chi connectivity index (χ4n) is 5.07. The van der Waals surface area contributed by atoms with Crippen molar-refractivity contribution in [3.63, 3.8) is 0 Å². The number of imidazole rings is 1. The molecule has 1 aromatic heterocycles. The van der Waals surface area contributed by atoms with Crippen molar-refractivity contribution in [3.8, 4) is 0 Å². The van der Waals surface area contributed by atoms with Crippen molar-refractivity contribution in [2.24, 2.45) is 5.92 Å². The van der Waals surface area contributed by atoms with E-state index in [1.165, 1.54) is 12.8 Å². The van der Waals surface area contributed by atoms with Gasteiger partial charge in [-0.2, -0.15) is 0 Å². The van der Waals surface area contributed by atoms with Crippen molar-refractivity contribution in [2.45, 2.75) is 63.8 Å². The van der Waals surface area contributed by atoms with Crippen LogP contribution < -0.4 is 5.32 Å². The molecule has 170 valence electrons. The van der Waals surface area contributed by atoms with Crippen molar-refractivity contribution in [3.05, 3.63) is 52.6 Å². The fourth-order valence-corrected chi connectivity index (χ4v) is 5.19. The quantitative estimate of drug-likeness (QED) is 0.760. The predicted octanol–water partition coefficient (Wildman–Crippen LogP) is 3.72. The molecular weight excluding hydrogens is 428 g/mol. The number of ether oxygens (including phenoxy) is 1. The van der Waals surface area contributed by atoms with Gasteiger partial charge in [0.2, 0.25) is 5.91 Å². The average Bonchev–Trinajstić information content (AvgIpc) is 3.48. The first kappa shape index (κ1) is 21.5. The number of benzene rings is 1. The highest BCUT2D eigenvalue weighted by Gasteiger charge is 2.33. The molecule has 1 saturated carbocycles. The van der Waals surface area contributed by atoms with Gasteiger partial charge in [0, 0.05) is 30.1 Å². The third-order valence-corrected chi connectivity index (χ3v) is 7.28. The van der Waals surface area contributed by atoms with Crippen LogP contribution in [0.3, 0.4) is 0 Å². The van der Waals surface area contributed by atoms with Crippen LogP contribution >= 0.6 is 11.6 Å². The summed E-state index contributed by atoms with van der Waals surface area (Å²) in [6, 6.07) is 7.99. The molecule has 1 N–H and O–H groups in total. The molecule has 1 aliphatic carbocycles. The lowest BCUT2D eigenvalue weighted by Gasteiger charge is -2.32. The summed E-state index contributed by atoms with van der Waals surface area (Å²) in [6.07, 6.45) is 7.64. The van der Waals surface area contributed by atoms with Crippen LogP contribution in [0, 0.1) is 5.92 Å². The monoisotopic (exact) mass is 456 g/mol. The second-order valence-corrected chi connectivity index (χ2v) is 9.54. The summed E-state index contributed by atoms with van der Waals surface area (Å²) in [5.74, 6) is 0.0889. The number of nitrogens with zero attached hydrogens (tertiary/aromatic N) is 3. The molecule has 7 nitrogen and oxygen atoms in total. The molecule has 0 bridgehead atoms. The molecule has 1 saturated heterocycles. The zero-order chi connectivity index (χ0) is 22.1. The number of halogens is 1. The second kappa shape index (κ2) is 9.24. The normalized spacial score (nSPS) is 22.0. The van der Waals surface area contributed by atoms with E-state index in [2.05, 4.69) is 10.3 Å². The number of carbonyl (C=O) groups is 2. The largest absolute Gasteiger partial charge is 0.365 e. The van der Waals surface area contributed by atoms with Gasteiger partial charge in [0.1, 0.15) is 6.10 Å². The van der Waals surface area contributed by atoms with Gasteiger partial charge in [-0.25, -0.2) is 4.98 Å². The molecule has 2 amide bonds. The van der Waals surface area contributed by atoms with E-state index in [0.29, 0.717) is 55.8 Å². The number of piperidine rings is 1. The van der Waals surface area contributed by atoms with Gasteiger partial charge in [0.15, 0.2) is 5.69 Å². The van der Waals surface area contributed by atoms with Gasteiger partial charge >= 0.3 is 0 Å². The molecule has 2 aromatic rings. The van der Waals surface area contributed by atoms with Crippen molar-refractivity contribution in [1.82, 2.24) is 19.8 Å². The first-order chi connectivity index (χ1) is 15.6. The minimum absolute atomic E-state index is 0.000899. The number of hydrogen-bond donors (Lipinski definition) is 1. The number of fused-ring (bicyclic) bond motifs is 1. The maximum Gasteiger partial charge on any atom is 0.274 e. The highest BCUT2D eigenvalue weighted by molar-refractivity contribution is 6.30. The van der Waals surface area contributed by atoms with Gasteiger partial charge in [0.05, 0.1) is 25.2 Å². The molecule has 0 radical (unpaired) electrons. The Morgan fingerprint density at radius 3 is 2.50 bits per heavy atom. The lowest BCUT2D eigenvalue weighted by molar-refractivity contribution is -0.127. The minimum atomic E-state index is -0.0916. The van der Waals surface area contributed by atoms with Crippen LogP contribution in [0.25, 0.3) is 0 Å². The SMILES string of the molecule is O=C(NC1CCCC1)C1CCN(C(=O)c2ncn3c2CO[C@@H](c2ccc(Cl)cc2)C3)CC1. The Kier molecular flexibility index (Phi) is 6.20. The zero-order valence-corrected chi connectivity index (χ0v) is 18.9. The standard InChI is InChI=1S/C24H29ClN4O3/c25-18-7-5-16(6-8-18)21-13-29-15-26-22(20(29)14-32-21)24(31)28-11-9-17(10-12-28)23(30)27-19-3-1-2-4-19/h5-8,15,17,19,21H,1-4,9-14H2,(H,27,30)/t21-/m1/s1. The molecule has 8 heteroatoms. The van der Waals surface area contributed by atoms with E-state index in [1.807, 2.05) is 33.7 Å². The molecular formula is C24H29ClN4O3. The van der Waals surface area contributed by atoms with Crippen molar-refractivity contribution >= 4 is 23.4 Å². The topological polar surface area (TPSA) is 76.5 Å². The lowest BCUT2D eigenvalue weighted by Crippen LogP contribution is -2.45. The highest BCUT2D eigenvalue weighted by Crippen LogP contribution is 2.29. The number of nitrogens with one attached hydrogen (secondary N) is 1. The third kappa shape index (κ3) is 4.41. The Hall–Kier alpha value is -2.38. The van der Waals surface area contributed by atoms with Gasteiger partial charge in [-0.1, -0.05) is 36.6 Å². The van der Waals surface area contributed by atoms with Crippen LogP contribution in [0.2, 0.25) is 5.02 Å². The molecule has 3 aliphatic rings. The predicted molar refractivity (Wildman–Crippen MR) is 120 cm³/mol. The summed E-state index contributed by atoms with van der Waals surface area (Å²) in [7, 11) is 0. The third-order valence-electron chi connectivity index (χ3n) is 7.03. The lowest BCUT2D eigenvalue weighted by atomic mass is 9.95. The summed E-state index contributed by atoms with van der Waals surface area (Å²) in [5.41, 5.74) is 2.34. The van der Waals surface area contributed by atoms with Crippen LogP contribution in [-0.2, 0) is 22.7 Å². The molecule has 32 heavy (non-hydrogen) atoms. The molecule has 2 aliphatic heterocycles. The maximum absolute atomic E-state index is 13.2. The van der Waals surface area contributed by atoms with Gasteiger partial charge in [-0.05, 0) is 43.4 Å². The van der Waals surface area contributed by atoms with Crippen LogP contribution in [0.5, 0.6) is 0 Å². The second-order valence-electron chi connectivity index (χ2n) is 9.10. The number of aromatic nitrogens is 2. The summed E-state index contributed by atoms with van der Waals surface area (Å²) in [4.78, 5) is 32.0. The van der Waals surface area contributed by atoms with E-state index in [1.54, 1.807) is 6.33 Å². The smallest absolute Gasteiger partial charge is 0.274 e. The van der Waals surface area contributed by atoms with Crippen LogP contribution in [0.1, 0.15) is 66.4 Å². The van der Waals surface area contributed by atoms with E-state index in [9.17, 15) is 9.59 Å². The Morgan fingerprint density at radius 1 is 1.06 bits per heavy atom. The minimum Gasteiger partial charge on any atom is -0.365 e. The highest BCUT2D eigenvalue weighted by atomic mass is 35.5. The van der Waals surface area contributed by atoms with Crippen LogP contribution in [-0.4, -0.2) is 45.4 Å². The number of amides is 2. The molecule has 1 atom stereocenters. The zero-order valence-electron chi connectivity index (χ0n) is 18.1. The maximum atomic E-state index is 13.2. The Labute approximate surface area is 193 Å². The fraction of sp³-hybridized carbons (Fsp3) is 0.542. The van der Waals surface area contributed by atoms with E-state index >= 15 is 0 Å². The first-order valence-electron chi connectivity index (χ1n) is 11.6. The van der Waals surface area contributed by atoms with E-state index in [0.717, 1.165) is 24.1 Å². The molecule has 3 heterocycles. The summed E-state index contributed by atoms with van der Waals surface area (Å²) >= 11 is 5.99. The Balaban J connectivity index is 1.18. The Bertz CT molecular complexity index is 976. The van der Waals surface area contributed by atoms with Gasteiger partial charge in [0.25, 0.3) is 5.91 Å². The molecule has 1 aromatic carbocycles. The van der Waals surface area contributed by atoms with Crippen molar-refractivity contribution in [2.75, 3.05) is 13.1 Å². The Morgan fingerprint density at radius 2 is 1.78 bits per heavy atom. The number of hydrogen-bond acceptors (Lipinski definition) is 4. The average molecular weight is 457 g/mol. The van der Waals surface area contributed by atoms with Crippen molar-refractivity contribution < 1.29 is 14.3 Å². The summed E-state index contributed by atoms with van der Waals surface area (Å²) in [5, 5.41) is 3.89. The summed E-state index contributed by atoms with van der Waals surface area (Å²) in [6.45, 7) is 2.12. The van der Waals surface area contributed by atoms with E-state index in [4.69, 9.17) is 16.3 Å². The molecule has 5 rings (SSSR count). The number of likely N-dealkylation sites (tertiary alicyclic amines) is 1. The summed E-state index contributed by atoms with van der Waals surface area (Å²) < 4.78 is 8.06. The molecule has 0 spiro atoms. The van der Waals surface area contributed by atoms with Gasteiger partial charge in [-0.3, -0.25) is 9.59 Å². The van der Waals surface area contributed by atoms with Crippen molar-refractivity contribution in [1.29, 1.82) is 0 Å².